The summed E-state index contributed by atoms with van der Waals surface area (Å²) in [5.74, 6) is 0. The molecule has 0 aliphatic rings. The molecule has 0 spiro atoms. The van der Waals surface area contributed by atoms with E-state index < -0.39 is 22.7 Å². The smallest absolute Gasteiger partial charge is 0.259 e. The molecule has 0 bridgehead atoms. The second-order valence-electron chi connectivity index (χ2n) is 3.75. The van der Waals surface area contributed by atoms with Crippen LogP contribution in [0.15, 0.2) is 4.90 Å². The van der Waals surface area contributed by atoms with Crippen molar-refractivity contribution in [3.8, 4) is 0 Å². The number of hydrogen-bond acceptors (Lipinski definition) is 3. The van der Waals surface area contributed by atoms with Crippen LogP contribution in [-0.2, 0) is 29.4 Å². The summed E-state index contributed by atoms with van der Waals surface area (Å²) in [6.07, 6.45) is -4.16. The van der Waals surface area contributed by atoms with Gasteiger partial charge in [0, 0.05) is 0 Å². The van der Waals surface area contributed by atoms with Gasteiger partial charge in [-0.15, -0.1) is 0 Å². The van der Waals surface area contributed by atoms with E-state index in [1.54, 1.807) is 13.8 Å². The number of aryl methyl sites for hydroxylation is 1. The fourth-order valence-corrected chi connectivity index (χ4v) is 2.83. The molecule has 5 nitrogen and oxygen atoms in total. The van der Waals surface area contributed by atoms with Crippen molar-refractivity contribution >= 4 is 10.0 Å². The van der Waals surface area contributed by atoms with Gasteiger partial charge in [-0.3, -0.25) is 4.68 Å². The van der Waals surface area contributed by atoms with Gasteiger partial charge in [0.05, 0.1) is 11.4 Å². The lowest BCUT2D eigenvalue weighted by Gasteiger charge is -2.09. The van der Waals surface area contributed by atoms with Crippen molar-refractivity contribution in [3.05, 3.63) is 11.4 Å². The molecule has 0 fully saturated rings. The number of aromatic nitrogens is 2. The molecule has 18 heavy (non-hydrogen) atoms. The summed E-state index contributed by atoms with van der Waals surface area (Å²) in [6.45, 7) is 1.84. The number of rotatable bonds is 4. The van der Waals surface area contributed by atoms with Gasteiger partial charge in [0.25, 0.3) is 0 Å². The number of halogens is 3. The predicted molar refractivity (Wildman–Crippen MR) is 58.4 cm³/mol. The number of sulfonamides is 1. The highest BCUT2D eigenvalue weighted by Gasteiger charge is 2.32. The Bertz CT molecular complexity index is 534. The maximum absolute atomic E-state index is 12.4. The Morgan fingerprint density at radius 1 is 1.28 bits per heavy atom. The normalized spacial score (nSPS) is 13.0. The molecule has 0 aliphatic carbocycles. The minimum Gasteiger partial charge on any atom is -0.259 e. The van der Waals surface area contributed by atoms with Crippen molar-refractivity contribution in [1.82, 2.24) is 9.78 Å². The molecule has 0 aliphatic heterocycles. The summed E-state index contributed by atoms with van der Waals surface area (Å²) in [5, 5.41) is 8.71. The van der Waals surface area contributed by atoms with Gasteiger partial charge in [0.1, 0.15) is 11.4 Å². The van der Waals surface area contributed by atoms with Crippen LogP contribution >= 0.6 is 0 Å². The van der Waals surface area contributed by atoms with E-state index in [2.05, 4.69) is 5.10 Å². The van der Waals surface area contributed by atoms with Crippen molar-refractivity contribution in [2.75, 3.05) is 0 Å². The molecule has 1 heterocycles. The van der Waals surface area contributed by atoms with Crippen LogP contribution in [0.1, 0.15) is 25.2 Å². The Labute approximate surface area is 103 Å². The Kier molecular flexibility index (Phi) is 4.06. The molecule has 1 rings (SSSR count). The average molecular weight is 285 g/mol. The standard InChI is InChI=1S/C9H14F3N3O2S/c1-3-6-8(18(13,16)17)7(4-2)15(14-6)5-9(10,11)12/h3-5H2,1-2H3,(H2,13,16,17). The first kappa shape index (κ1) is 15.0. The Hall–Kier alpha value is -1.09. The van der Waals surface area contributed by atoms with Gasteiger partial charge in [-0.25, -0.2) is 13.6 Å². The van der Waals surface area contributed by atoms with Gasteiger partial charge in [0.2, 0.25) is 10.0 Å². The molecular weight excluding hydrogens is 271 g/mol. The van der Waals surface area contributed by atoms with Crippen molar-refractivity contribution < 1.29 is 21.6 Å². The van der Waals surface area contributed by atoms with E-state index in [4.69, 9.17) is 5.14 Å². The molecule has 0 unspecified atom stereocenters. The molecule has 1 aromatic heterocycles. The summed E-state index contributed by atoms with van der Waals surface area (Å²) >= 11 is 0. The van der Waals surface area contributed by atoms with Crippen LogP contribution in [0.2, 0.25) is 0 Å². The highest BCUT2D eigenvalue weighted by atomic mass is 32.2. The van der Waals surface area contributed by atoms with Gasteiger partial charge in [-0.05, 0) is 12.8 Å². The van der Waals surface area contributed by atoms with Gasteiger partial charge in [-0.2, -0.15) is 18.3 Å². The lowest BCUT2D eigenvalue weighted by molar-refractivity contribution is -0.143. The number of nitrogens with zero attached hydrogens (tertiary/aromatic N) is 2. The maximum Gasteiger partial charge on any atom is 0.408 e. The van der Waals surface area contributed by atoms with Crippen LogP contribution in [0.4, 0.5) is 13.2 Å². The molecule has 104 valence electrons. The summed E-state index contributed by atoms with van der Waals surface area (Å²) in [6, 6.07) is 0. The molecule has 9 heteroatoms. The molecule has 0 saturated heterocycles. The zero-order valence-electron chi connectivity index (χ0n) is 9.95. The third kappa shape index (κ3) is 3.22. The molecule has 2 N–H and O–H groups in total. The second kappa shape index (κ2) is 4.88. The largest absolute Gasteiger partial charge is 0.408 e. The van der Waals surface area contributed by atoms with E-state index in [1.165, 1.54) is 0 Å². The van der Waals surface area contributed by atoms with E-state index >= 15 is 0 Å². The predicted octanol–water partition coefficient (Wildman–Crippen LogP) is 1.22. The zero-order valence-corrected chi connectivity index (χ0v) is 10.8. The fraction of sp³-hybridized carbons (Fsp3) is 0.667. The molecular formula is C9H14F3N3O2S. The van der Waals surface area contributed by atoms with Gasteiger partial charge in [-0.1, -0.05) is 13.8 Å². The monoisotopic (exact) mass is 285 g/mol. The van der Waals surface area contributed by atoms with E-state index in [0.29, 0.717) is 4.68 Å². The summed E-state index contributed by atoms with van der Waals surface area (Å²) < 4.78 is 60.6. The van der Waals surface area contributed by atoms with Gasteiger partial charge < -0.3 is 0 Å². The average Bonchev–Trinajstić information content (AvgIpc) is 2.52. The van der Waals surface area contributed by atoms with Gasteiger partial charge in [0.15, 0.2) is 0 Å². The number of hydrogen-bond donors (Lipinski definition) is 1. The molecule has 0 amide bonds. The van der Waals surface area contributed by atoms with Crippen LogP contribution in [0.25, 0.3) is 0 Å². The lowest BCUT2D eigenvalue weighted by atomic mass is 10.2. The highest BCUT2D eigenvalue weighted by molar-refractivity contribution is 7.89. The van der Waals surface area contributed by atoms with Gasteiger partial charge >= 0.3 is 6.18 Å². The molecule has 0 radical (unpaired) electrons. The van der Waals surface area contributed by atoms with E-state index in [0.717, 1.165) is 0 Å². The van der Waals surface area contributed by atoms with Crippen molar-refractivity contribution in [1.29, 1.82) is 0 Å². The minimum atomic E-state index is -4.46. The SMILES string of the molecule is CCc1nn(CC(F)(F)F)c(CC)c1S(N)(=O)=O. The Balaban J connectivity index is 3.44. The molecule has 0 atom stereocenters. The fourth-order valence-electron chi connectivity index (χ4n) is 1.74. The van der Waals surface area contributed by atoms with E-state index in [9.17, 15) is 21.6 Å². The minimum absolute atomic E-state index is 0.00771. The first-order chi connectivity index (χ1) is 8.10. The summed E-state index contributed by atoms with van der Waals surface area (Å²) in [5.41, 5.74) is 0.0604. The Morgan fingerprint density at radius 3 is 2.17 bits per heavy atom. The van der Waals surface area contributed by atoms with Crippen LogP contribution in [0.5, 0.6) is 0 Å². The third-order valence-corrected chi connectivity index (χ3v) is 3.40. The van der Waals surface area contributed by atoms with Crippen LogP contribution in [0, 0.1) is 0 Å². The van der Waals surface area contributed by atoms with Crippen molar-refractivity contribution in [3.63, 3.8) is 0 Å². The number of nitrogens with two attached hydrogens (primary N) is 1. The summed E-state index contributed by atoms with van der Waals surface area (Å²) in [4.78, 5) is -0.281. The van der Waals surface area contributed by atoms with E-state index in [1.807, 2.05) is 0 Å². The first-order valence-electron chi connectivity index (χ1n) is 5.28. The Morgan fingerprint density at radius 2 is 1.83 bits per heavy atom. The molecule has 0 saturated carbocycles. The van der Waals surface area contributed by atoms with Crippen molar-refractivity contribution in [2.45, 2.75) is 44.3 Å². The second-order valence-corrected chi connectivity index (χ2v) is 5.25. The first-order valence-corrected chi connectivity index (χ1v) is 6.82. The lowest BCUT2D eigenvalue weighted by Crippen LogP contribution is -2.21. The quantitative estimate of drug-likeness (QED) is 0.903. The van der Waals surface area contributed by atoms with Crippen LogP contribution in [-0.4, -0.2) is 24.4 Å². The number of alkyl halides is 3. The topological polar surface area (TPSA) is 78.0 Å². The maximum atomic E-state index is 12.4. The van der Waals surface area contributed by atoms with Crippen molar-refractivity contribution in [2.24, 2.45) is 5.14 Å². The van der Waals surface area contributed by atoms with E-state index in [-0.39, 0.29) is 29.1 Å². The highest BCUT2D eigenvalue weighted by Crippen LogP contribution is 2.24. The molecule has 1 aromatic rings. The third-order valence-electron chi connectivity index (χ3n) is 2.36. The zero-order chi connectivity index (χ0) is 14.1. The molecule has 0 aromatic carbocycles. The van der Waals surface area contributed by atoms with Crippen LogP contribution in [0.3, 0.4) is 0 Å². The van der Waals surface area contributed by atoms with Crippen LogP contribution < -0.4 is 5.14 Å². The number of primary sulfonamides is 1. The summed E-state index contributed by atoms with van der Waals surface area (Å²) in [7, 11) is -4.07.